The van der Waals surface area contributed by atoms with Crippen LogP contribution in [0.5, 0.6) is 0 Å². The first-order valence-electron chi connectivity index (χ1n) is 7.22. The van der Waals surface area contributed by atoms with Crippen LogP contribution in [-0.2, 0) is 0 Å². The number of hydrogen-bond acceptors (Lipinski definition) is 4. The third kappa shape index (κ3) is 5.50. The van der Waals surface area contributed by atoms with Crippen molar-refractivity contribution in [3.05, 3.63) is 67.0 Å². The molecule has 0 saturated carbocycles. The maximum absolute atomic E-state index is 5.97. The van der Waals surface area contributed by atoms with Gasteiger partial charge in [0, 0.05) is 30.2 Å². The van der Waals surface area contributed by atoms with Crippen molar-refractivity contribution in [3.8, 4) is 0 Å². The Kier molecular flexibility index (Phi) is 7.57. The molecule has 1 aromatic rings. The number of nitrogens with one attached hydrogen (secondary N) is 1. The molecule has 1 atom stereocenters. The first kappa shape index (κ1) is 17.6. The van der Waals surface area contributed by atoms with Crippen molar-refractivity contribution in [2.45, 2.75) is 19.4 Å². The van der Waals surface area contributed by atoms with Crippen molar-refractivity contribution < 1.29 is 0 Å². The molecule has 0 bridgehead atoms. The van der Waals surface area contributed by atoms with Gasteiger partial charge in [-0.2, -0.15) is 0 Å². The molecule has 0 aliphatic rings. The highest BCUT2D eigenvalue weighted by Gasteiger charge is 2.06. The lowest BCUT2D eigenvalue weighted by molar-refractivity contribution is 0.792. The van der Waals surface area contributed by atoms with Crippen LogP contribution in [0, 0.1) is 0 Å². The second-order valence-electron chi connectivity index (χ2n) is 4.72. The van der Waals surface area contributed by atoms with Gasteiger partial charge in [-0.25, -0.2) is 0 Å². The normalized spacial score (nSPS) is 12.9. The molecule has 0 fully saturated rings. The smallest absolute Gasteiger partial charge is 0.0661 e. The topological polar surface area (TPSA) is 62.8 Å². The van der Waals surface area contributed by atoms with Crippen LogP contribution < -0.4 is 11.1 Å². The number of allylic oxidation sites excluding steroid dienone is 1. The number of nitrogens with two attached hydrogens (primary N) is 1. The summed E-state index contributed by atoms with van der Waals surface area (Å²) in [5, 5.41) is 3.21. The molecule has 22 heavy (non-hydrogen) atoms. The number of rotatable bonds is 9. The van der Waals surface area contributed by atoms with E-state index in [1.165, 1.54) is 0 Å². The molecule has 1 unspecified atom stereocenters. The Balaban J connectivity index is 2.83. The first-order valence-corrected chi connectivity index (χ1v) is 7.22. The molecule has 1 aromatic carbocycles. The fraction of sp³-hybridized carbons (Fsp3) is 0.222. The van der Waals surface area contributed by atoms with E-state index in [0.29, 0.717) is 13.0 Å². The third-order valence-corrected chi connectivity index (χ3v) is 3.02. The average molecular weight is 296 g/mol. The SMILES string of the molecule is C=CCC(N)C(=C)Nc1ccc(C(/C=C\N=C)=NCC)cc1. The molecule has 0 heterocycles. The van der Waals surface area contributed by atoms with Gasteiger partial charge in [-0.1, -0.05) is 24.8 Å². The minimum absolute atomic E-state index is 0.143. The second-order valence-corrected chi connectivity index (χ2v) is 4.72. The van der Waals surface area contributed by atoms with Gasteiger partial charge in [0.2, 0.25) is 0 Å². The largest absolute Gasteiger partial charge is 0.358 e. The molecule has 1 rings (SSSR count). The van der Waals surface area contributed by atoms with Gasteiger partial charge in [-0.05, 0) is 43.8 Å². The highest BCUT2D eigenvalue weighted by atomic mass is 14.9. The van der Waals surface area contributed by atoms with E-state index in [1.54, 1.807) is 12.3 Å². The highest BCUT2D eigenvalue weighted by Crippen LogP contribution is 2.14. The average Bonchev–Trinajstić information content (AvgIpc) is 2.52. The van der Waals surface area contributed by atoms with Gasteiger partial charge in [0.1, 0.15) is 0 Å². The summed E-state index contributed by atoms with van der Waals surface area (Å²) < 4.78 is 0. The van der Waals surface area contributed by atoms with Crippen LogP contribution in [0.4, 0.5) is 5.69 Å². The molecule has 0 spiro atoms. The molecule has 0 saturated heterocycles. The minimum atomic E-state index is -0.143. The van der Waals surface area contributed by atoms with Gasteiger partial charge in [0.15, 0.2) is 0 Å². The van der Waals surface area contributed by atoms with E-state index in [4.69, 9.17) is 5.73 Å². The fourth-order valence-corrected chi connectivity index (χ4v) is 1.86. The Labute approximate surface area is 132 Å². The Morgan fingerprint density at radius 2 is 2.05 bits per heavy atom. The Morgan fingerprint density at radius 3 is 2.59 bits per heavy atom. The van der Waals surface area contributed by atoms with Gasteiger partial charge in [-0.15, -0.1) is 6.58 Å². The summed E-state index contributed by atoms with van der Waals surface area (Å²) in [6, 6.07) is 7.80. The molecule has 0 aromatic heterocycles. The van der Waals surface area contributed by atoms with Crippen LogP contribution in [-0.4, -0.2) is 25.0 Å². The van der Waals surface area contributed by atoms with Crippen LogP contribution in [0.2, 0.25) is 0 Å². The van der Waals surface area contributed by atoms with Gasteiger partial charge in [0.05, 0.1) is 5.71 Å². The third-order valence-electron chi connectivity index (χ3n) is 3.02. The van der Waals surface area contributed by atoms with E-state index in [1.807, 2.05) is 37.3 Å². The number of anilines is 1. The van der Waals surface area contributed by atoms with Crippen LogP contribution in [0.1, 0.15) is 18.9 Å². The van der Waals surface area contributed by atoms with E-state index >= 15 is 0 Å². The van der Waals surface area contributed by atoms with E-state index in [9.17, 15) is 0 Å². The van der Waals surface area contributed by atoms with Crippen molar-refractivity contribution in [2.24, 2.45) is 15.7 Å². The molecule has 0 radical (unpaired) electrons. The summed E-state index contributed by atoms with van der Waals surface area (Å²) in [5.41, 5.74) is 9.58. The van der Waals surface area contributed by atoms with Crippen LogP contribution in [0.25, 0.3) is 0 Å². The predicted molar refractivity (Wildman–Crippen MR) is 97.8 cm³/mol. The van der Waals surface area contributed by atoms with E-state index in [-0.39, 0.29) is 6.04 Å². The molecule has 0 aliphatic carbocycles. The Hall–Kier alpha value is -2.46. The molecule has 0 aliphatic heterocycles. The lowest BCUT2D eigenvalue weighted by atomic mass is 10.1. The van der Waals surface area contributed by atoms with Crippen molar-refractivity contribution in [1.82, 2.24) is 0 Å². The molecule has 0 amide bonds. The van der Waals surface area contributed by atoms with Crippen molar-refractivity contribution in [3.63, 3.8) is 0 Å². The highest BCUT2D eigenvalue weighted by molar-refractivity contribution is 6.08. The Bertz CT molecular complexity index is 567. The predicted octanol–water partition coefficient (Wildman–Crippen LogP) is 3.54. The second kappa shape index (κ2) is 9.47. The lowest BCUT2D eigenvalue weighted by Crippen LogP contribution is -2.25. The maximum Gasteiger partial charge on any atom is 0.0661 e. The molecular weight excluding hydrogens is 272 g/mol. The van der Waals surface area contributed by atoms with E-state index in [2.05, 4.69) is 35.2 Å². The molecular formula is C18H24N4. The summed E-state index contributed by atoms with van der Waals surface area (Å²) >= 11 is 0. The van der Waals surface area contributed by atoms with E-state index < -0.39 is 0 Å². The monoisotopic (exact) mass is 296 g/mol. The number of aliphatic imine (C=N–C) groups is 2. The maximum atomic E-state index is 5.97. The molecule has 116 valence electrons. The zero-order valence-corrected chi connectivity index (χ0v) is 13.1. The molecule has 4 heteroatoms. The quantitative estimate of drug-likeness (QED) is 0.541. The summed E-state index contributed by atoms with van der Waals surface area (Å²) in [4.78, 5) is 8.17. The van der Waals surface area contributed by atoms with Crippen molar-refractivity contribution >= 4 is 18.1 Å². The summed E-state index contributed by atoms with van der Waals surface area (Å²) in [6.45, 7) is 13.8. The standard InChI is InChI=1S/C18H24N4/c1-5-7-17(19)14(3)22-16-10-8-15(9-11-16)18(21-6-2)12-13-20-4/h5,8-13,17,22H,1,3-4,6-7,19H2,2H3/b13-12-,21-18?. The fourth-order valence-electron chi connectivity index (χ4n) is 1.86. The Morgan fingerprint density at radius 1 is 1.36 bits per heavy atom. The zero-order valence-electron chi connectivity index (χ0n) is 13.1. The van der Waals surface area contributed by atoms with Crippen LogP contribution >= 0.6 is 0 Å². The summed E-state index contributed by atoms with van der Waals surface area (Å²) in [5.74, 6) is 0. The summed E-state index contributed by atoms with van der Waals surface area (Å²) in [7, 11) is 0. The summed E-state index contributed by atoms with van der Waals surface area (Å²) in [6.07, 6.45) is 5.96. The first-order chi connectivity index (χ1) is 10.6. The lowest BCUT2D eigenvalue weighted by Gasteiger charge is -2.15. The van der Waals surface area contributed by atoms with E-state index in [0.717, 1.165) is 22.7 Å². The number of nitrogens with zero attached hydrogens (tertiary/aromatic N) is 2. The molecule has 4 nitrogen and oxygen atoms in total. The number of hydrogen-bond donors (Lipinski definition) is 2. The minimum Gasteiger partial charge on any atom is -0.358 e. The van der Waals surface area contributed by atoms with Gasteiger partial charge < -0.3 is 11.1 Å². The van der Waals surface area contributed by atoms with Gasteiger partial charge in [-0.3, -0.25) is 9.98 Å². The van der Waals surface area contributed by atoms with Crippen molar-refractivity contribution in [2.75, 3.05) is 11.9 Å². The molecule has 3 N–H and O–H groups in total. The zero-order chi connectivity index (χ0) is 16.4. The van der Waals surface area contributed by atoms with Crippen LogP contribution in [0.15, 0.2) is 71.5 Å². The number of benzene rings is 1. The van der Waals surface area contributed by atoms with Gasteiger partial charge in [0.25, 0.3) is 0 Å². The van der Waals surface area contributed by atoms with Gasteiger partial charge >= 0.3 is 0 Å². The van der Waals surface area contributed by atoms with Crippen LogP contribution in [0.3, 0.4) is 0 Å². The van der Waals surface area contributed by atoms with Crippen molar-refractivity contribution in [1.29, 1.82) is 0 Å².